The van der Waals surface area contributed by atoms with Gasteiger partial charge in [-0.1, -0.05) is 67.6 Å². The number of carbonyl (C=O) groups is 3. The summed E-state index contributed by atoms with van der Waals surface area (Å²) in [7, 11) is 0. The number of amides is 2. The summed E-state index contributed by atoms with van der Waals surface area (Å²) in [5.41, 5.74) is 1.35. The highest BCUT2D eigenvalue weighted by Crippen LogP contribution is 2.32. The zero-order chi connectivity index (χ0) is 17.1. The lowest BCUT2D eigenvalue weighted by atomic mass is 9.86. The predicted molar refractivity (Wildman–Crippen MR) is 90.0 cm³/mol. The number of hydrogen-bond donors (Lipinski definition) is 0. The number of nitrogens with zero attached hydrogens (tertiary/aromatic N) is 1. The molecule has 4 nitrogen and oxygen atoms in total. The molecule has 1 aliphatic rings. The Labute approximate surface area is 141 Å². The summed E-state index contributed by atoms with van der Waals surface area (Å²) >= 11 is 0. The normalized spacial score (nSPS) is 20.5. The second-order valence-corrected chi connectivity index (χ2v) is 5.97. The molecule has 1 fully saturated rings. The molecule has 2 aromatic rings. The fraction of sp³-hybridized carbons (Fsp3) is 0.250. The van der Waals surface area contributed by atoms with E-state index in [1.165, 1.54) is 4.90 Å². The molecule has 2 aromatic carbocycles. The highest BCUT2D eigenvalue weighted by molar-refractivity contribution is 6.19. The van der Waals surface area contributed by atoms with Gasteiger partial charge >= 0.3 is 0 Å². The van der Waals surface area contributed by atoms with Crippen LogP contribution < -0.4 is 0 Å². The van der Waals surface area contributed by atoms with Crippen molar-refractivity contribution in [3.05, 3.63) is 71.8 Å². The van der Waals surface area contributed by atoms with Gasteiger partial charge in [-0.15, -0.1) is 0 Å². The van der Waals surface area contributed by atoms with E-state index in [0.29, 0.717) is 12.0 Å². The fourth-order valence-electron chi connectivity index (χ4n) is 3.20. The maximum absolute atomic E-state index is 12.8. The summed E-state index contributed by atoms with van der Waals surface area (Å²) in [6.07, 6.45) is 0.471. The Morgan fingerprint density at radius 3 is 2.08 bits per heavy atom. The van der Waals surface area contributed by atoms with Crippen LogP contribution in [0.15, 0.2) is 60.7 Å². The van der Waals surface area contributed by atoms with Gasteiger partial charge in [-0.3, -0.25) is 19.3 Å². The molecule has 1 saturated heterocycles. The molecule has 0 aromatic heterocycles. The van der Waals surface area contributed by atoms with Crippen molar-refractivity contribution in [2.24, 2.45) is 11.8 Å². The Hall–Kier alpha value is -2.75. The molecule has 0 saturated carbocycles. The zero-order valence-corrected chi connectivity index (χ0v) is 13.5. The van der Waals surface area contributed by atoms with Crippen LogP contribution in [0.3, 0.4) is 0 Å². The Morgan fingerprint density at radius 2 is 1.50 bits per heavy atom. The number of benzene rings is 2. The Balaban J connectivity index is 1.89. The molecule has 24 heavy (non-hydrogen) atoms. The second-order valence-electron chi connectivity index (χ2n) is 5.97. The molecule has 3 rings (SSSR count). The van der Waals surface area contributed by atoms with Crippen molar-refractivity contribution in [3.8, 4) is 0 Å². The smallest absolute Gasteiger partial charge is 0.241 e. The third-order valence-electron chi connectivity index (χ3n) is 4.48. The van der Waals surface area contributed by atoms with E-state index in [9.17, 15) is 14.4 Å². The molecule has 2 atom stereocenters. The molecular formula is C20H19NO3. The van der Waals surface area contributed by atoms with Gasteiger partial charge in [-0.2, -0.15) is 0 Å². The number of carbonyl (C=O) groups excluding carboxylic acids is 3. The van der Waals surface area contributed by atoms with Gasteiger partial charge in [0.15, 0.2) is 5.78 Å². The highest BCUT2D eigenvalue weighted by atomic mass is 16.2. The first-order valence-electron chi connectivity index (χ1n) is 8.12. The van der Waals surface area contributed by atoms with Gasteiger partial charge in [0.2, 0.25) is 11.8 Å². The van der Waals surface area contributed by atoms with Crippen LogP contribution in [0.4, 0.5) is 0 Å². The quantitative estimate of drug-likeness (QED) is 0.483. The SMILES string of the molecule is CC[C@@H]1C(=O)N(Cc2ccccc2)C(=O)[C@H]1C(=O)c1ccccc1. The predicted octanol–water partition coefficient (Wildman–Crippen LogP) is 3.08. The van der Waals surface area contributed by atoms with Crippen LogP contribution in [0.2, 0.25) is 0 Å². The van der Waals surface area contributed by atoms with Crippen molar-refractivity contribution < 1.29 is 14.4 Å². The van der Waals surface area contributed by atoms with E-state index in [0.717, 1.165) is 5.56 Å². The van der Waals surface area contributed by atoms with Gasteiger partial charge in [-0.05, 0) is 12.0 Å². The third kappa shape index (κ3) is 2.87. The summed E-state index contributed by atoms with van der Waals surface area (Å²) in [5.74, 6) is -2.39. The van der Waals surface area contributed by atoms with E-state index in [1.807, 2.05) is 43.3 Å². The second kappa shape index (κ2) is 6.79. The van der Waals surface area contributed by atoms with Crippen molar-refractivity contribution in [2.45, 2.75) is 19.9 Å². The maximum atomic E-state index is 12.8. The van der Waals surface area contributed by atoms with Crippen LogP contribution in [-0.4, -0.2) is 22.5 Å². The minimum absolute atomic E-state index is 0.216. The Bertz CT molecular complexity index is 755. The summed E-state index contributed by atoms with van der Waals surface area (Å²) in [5, 5.41) is 0. The molecule has 0 N–H and O–H groups in total. The number of imide groups is 1. The van der Waals surface area contributed by atoms with E-state index in [1.54, 1.807) is 24.3 Å². The van der Waals surface area contributed by atoms with Crippen LogP contribution in [-0.2, 0) is 16.1 Å². The van der Waals surface area contributed by atoms with Crippen LogP contribution >= 0.6 is 0 Å². The lowest BCUT2D eigenvalue weighted by molar-refractivity contribution is -0.140. The minimum Gasteiger partial charge on any atom is -0.293 e. The number of ketones is 1. The van der Waals surface area contributed by atoms with Crippen molar-refractivity contribution in [3.63, 3.8) is 0 Å². The van der Waals surface area contributed by atoms with E-state index >= 15 is 0 Å². The average Bonchev–Trinajstić information content (AvgIpc) is 2.86. The first kappa shape index (κ1) is 16.1. The fourth-order valence-corrected chi connectivity index (χ4v) is 3.20. The lowest BCUT2D eigenvalue weighted by Crippen LogP contribution is -2.32. The molecule has 1 heterocycles. The van der Waals surface area contributed by atoms with E-state index in [4.69, 9.17) is 0 Å². The van der Waals surface area contributed by atoms with Crippen LogP contribution in [0.25, 0.3) is 0 Å². The number of Topliss-reactive ketones (excluding diaryl/α,β-unsaturated/α-hetero) is 1. The average molecular weight is 321 g/mol. The van der Waals surface area contributed by atoms with Crippen molar-refractivity contribution >= 4 is 17.6 Å². The summed E-state index contributed by atoms with van der Waals surface area (Å²) in [6, 6.07) is 18.1. The van der Waals surface area contributed by atoms with Crippen molar-refractivity contribution in [1.29, 1.82) is 0 Å². The molecule has 0 spiro atoms. The van der Waals surface area contributed by atoms with Crippen LogP contribution in [0, 0.1) is 11.8 Å². The van der Waals surface area contributed by atoms with E-state index < -0.39 is 11.8 Å². The first-order chi connectivity index (χ1) is 11.6. The number of hydrogen-bond acceptors (Lipinski definition) is 3. The zero-order valence-electron chi connectivity index (χ0n) is 13.5. The molecule has 122 valence electrons. The van der Waals surface area contributed by atoms with E-state index in [2.05, 4.69) is 0 Å². The van der Waals surface area contributed by atoms with Gasteiger partial charge in [0.25, 0.3) is 0 Å². The van der Waals surface area contributed by atoms with Crippen molar-refractivity contribution in [1.82, 2.24) is 4.90 Å². The minimum atomic E-state index is -0.909. The van der Waals surface area contributed by atoms with Gasteiger partial charge in [-0.25, -0.2) is 0 Å². The highest BCUT2D eigenvalue weighted by Gasteiger charge is 2.50. The number of rotatable bonds is 5. The molecule has 0 unspecified atom stereocenters. The monoisotopic (exact) mass is 321 g/mol. The molecule has 0 radical (unpaired) electrons. The molecule has 0 bridgehead atoms. The summed E-state index contributed by atoms with van der Waals surface area (Å²) < 4.78 is 0. The van der Waals surface area contributed by atoms with Gasteiger partial charge in [0, 0.05) is 5.56 Å². The maximum Gasteiger partial charge on any atom is 0.241 e. The van der Waals surface area contributed by atoms with Gasteiger partial charge in [0.05, 0.1) is 12.5 Å². The molecule has 0 aliphatic carbocycles. The van der Waals surface area contributed by atoms with E-state index in [-0.39, 0.29) is 24.1 Å². The summed E-state index contributed by atoms with van der Waals surface area (Å²) in [6.45, 7) is 2.06. The first-order valence-corrected chi connectivity index (χ1v) is 8.12. The van der Waals surface area contributed by atoms with Gasteiger partial charge in [0.1, 0.15) is 5.92 Å². The molecule has 2 amide bonds. The summed E-state index contributed by atoms with van der Waals surface area (Å²) in [4.78, 5) is 39.4. The largest absolute Gasteiger partial charge is 0.293 e. The van der Waals surface area contributed by atoms with Crippen LogP contribution in [0.5, 0.6) is 0 Å². The third-order valence-corrected chi connectivity index (χ3v) is 4.48. The molecular weight excluding hydrogens is 302 g/mol. The number of likely N-dealkylation sites (tertiary alicyclic amines) is 1. The van der Waals surface area contributed by atoms with Crippen LogP contribution in [0.1, 0.15) is 29.3 Å². The topological polar surface area (TPSA) is 54.5 Å². The standard InChI is InChI=1S/C20H19NO3/c1-2-16-17(18(22)15-11-7-4-8-12-15)20(24)21(19(16)23)13-14-9-5-3-6-10-14/h3-12,16-17H,2,13H2,1H3/t16-,17+/m0/s1. The van der Waals surface area contributed by atoms with Gasteiger partial charge < -0.3 is 0 Å². The molecule has 4 heteroatoms. The van der Waals surface area contributed by atoms with Crippen molar-refractivity contribution in [2.75, 3.05) is 0 Å². The molecule has 1 aliphatic heterocycles. The Kier molecular flexibility index (Phi) is 4.56. The Morgan fingerprint density at radius 1 is 0.917 bits per heavy atom. The lowest BCUT2D eigenvalue weighted by Gasteiger charge is -2.14.